The zero-order valence-electron chi connectivity index (χ0n) is 19.5. The summed E-state index contributed by atoms with van der Waals surface area (Å²) in [6, 6.07) is 1.54. The molecule has 3 rings (SSSR count). The molecule has 0 radical (unpaired) electrons. The molecule has 33 heavy (non-hydrogen) atoms. The molecule has 0 saturated carbocycles. The summed E-state index contributed by atoms with van der Waals surface area (Å²) >= 11 is 0. The zero-order chi connectivity index (χ0) is 24.3. The van der Waals surface area contributed by atoms with Crippen LogP contribution in [0.2, 0.25) is 0 Å². The van der Waals surface area contributed by atoms with E-state index >= 15 is 0 Å². The van der Waals surface area contributed by atoms with E-state index in [1.807, 2.05) is 0 Å². The van der Waals surface area contributed by atoms with E-state index in [0.29, 0.717) is 11.4 Å². The predicted molar refractivity (Wildman–Crippen MR) is 116 cm³/mol. The first kappa shape index (κ1) is 24.1. The lowest BCUT2D eigenvalue weighted by atomic mass is 9.74. The van der Waals surface area contributed by atoms with Crippen molar-refractivity contribution in [3.63, 3.8) is 0 Å². The normalized spacial score (nSPS) is 19.0. The van der Waals surface area contributed by atoms with Crippen LogP contribution in [0.1, 0.15) is 49.5 Å². The van der Waals surface area contributed by atoms with Gasteiger partial charge in [-0.25, -0.2) is 9.59 Å². The van der Waals surface area contributed by atoms with Crippen LogP contribution in [0.25, 0.3) is 0 Å². The summed E-state index contributed by atoms with van der Waals surface area (Å²) in [5, 5.41) is 0. The molecule has 10 nitrogen and oxygen atoms in total. The summed E-state index contributed by atoms with van der Waals surface area (Å²) in [7, 11) is 2.66. The van der Waals surface area contributed by atoms with Gasteiger partial charge in [0.15, 0.2) is 11.5 Å². The Kier molecular flexibility index (Phi) is 7.25. The van der Waals surface area contributed by atoms with Crippen molar-refractivity contribution in [3.8, 4) is 17.2 Å². The van der Waals surface area contributed by atoms with Gasteiger partial charge in [-0.3, -0.25) is 9.79 Å². The number of esters is 3. The number of hydrogen-bond donors (Lipinski definition) is 0. The Morgan fingerprint density at radius 1 is 1.03 bits per heavy atom. The standard InChI is InChI=1S/C23H27NO9/c1-7-30-22(26)15-11(3)24-12(4)16(23(27)31-8-2)17(15)13-9-14(28-5)19-20(33-10-32-19)18(13)21(25)29-6/h9,15,17H,7-8,10H2,1-6H3. The lowest BCUT2D eigenvalue weighted by Gasteiger charge is -2.32. The van der Waals surface area contributed by atoms with Crippen molar-refractivity contribution >= 4 is 23.6 Å². The molecule has 2 unspecified atom stereocenters. The monoisotopic (exact) mass is 461 g/mol. The minimum atomic E-state index is -0.999. The Morgan fingerprint density at radius 3 is 2.30 bits per heavy atom. The lowest BCUT2D eigenvalue weighted by Crippen LogP contribution is -2.37. The van der Waals surface area contributed by atoms with E-state index < -0.39 is 29.7 Å². The van der Waals surface area contributed by atoms with Gasteiger partial charge in [-0.05, 0) is 39.3 Å². The first-order chi connectivity index (χ1) is 15.8. The number of ether oxygens (including phenoxy) is 6. The molecule has 0 bridgehead atoms. The third-order valence-electron chi connectivity index (χ3n) is 5.45. The quantitative estimate of drug-likeness (QED) is 0.446. The highest BCUT2D eigenvalue weighted by molar-refractivity contribution is 6.08. The van der Waals surface area contributed by atoms with Crippen LogP contribution in [0.5, 0.6) is 17.2 Å². The first-order valence-electron chi connectivity index (χ1n) is 10.5. The van der Waals surface area contributed by atoms with E-state index in [9.17, 15) is 14.4 Å². The Balaban J connectivity index is 2.37. The van der Waals surface area contributed by atoms with Crippen molar-refractivity contribution in [2.75, 3.05) is 34.2 Å². The molecule has 2 aliphatic heterocycles. The first-order valence-corrected chi connectivity index (χ1v) is 10.5. The van der Waals surface area contributed by atoms with Gasteiger partial charge >= 0.3 is 17.9 Å². The smallest absolute Gasteiger partial charge is 0.342 e. The Hall–Kier alpha value is -3.56. The molecule has 0 aliphatic carbocycles. The van der Waals surface area contributed by atoms with E-state index in [4.69, 9.17) is 28.4 Å². The topological polar surface area (TPSA) is 119 Å². The average molecular weight is 461 g/mol. The molecule has 178 valence electrons. The van der Waals surface area contributed by atoms with Crippen molar-refractivity contribution in [2.24, 2.45) is 10.9 Å². The van der Waals surface area contributed by atoms with Crippen molar-refractivity contribution in [3.05, 3.63) is 28.5 Å². The van der Waals surface area contributed by atoms with Gasteiger partial charge in [0.25, 0.3) is 0 Å². The fourth-order valence-corrected chi connectivity index (χ4v) is 4.15. The Morgan fingerprint density at radius 2 is 1.70 bits per heavy atom. The molecule has 0 amide bonds. The largest absolute Gasteiger partial charge is 0.493 e. The van der Waals surface area contributed by atoms with Crippen LogP contribution in [0, 0.1) is 5.92 Å². The number of methoxy groups -OCH3 is 2. The number of rotatable bonds is 7. The van der Waals surface area contributed by atoms with E-state index in [1.165, 1.54) is 14.2 Å². The van der Waals surface area contributed by atoms with Crippen molar-refractivity contribution < 1.29 is 42.8 Å². The van der Waals surface area contributed by atoms with E-state index in [1.54, 1.807) is 33.8 Å². The average Bonchev–Trinajstić information content (AvgIpc) is 3.26. The second kappa shape index (κ2) is 9.93. The molecule has 0 fully saturated rings. The number of carbonyl (C=O) groups is 3. The van der Waals surface area contributed by atoms with Gasteiger partial charge < -0.3 is 28.4 Å². The molecule has 0 spiro atoms. The summed E-state index contributed by atoms with van der Waals surface area (Å²) in [6.45, 7) is 6.77. The Bertz CT molecular complexity index is 1040. The molecule has 10 heteroatoms. The van der Waals surface area contributed by atoms with Gasteiger partial charge in [0, 0.05) is 17.3 Å². The van der Waals surface area contributed by atoms with E-state index in [2.05, 4.69) is 4.99 Å². The van der Waals surface area contributed by atoms with Crippen LogP contribution < -0.4 is 14.2 Å². The third-order valence-corrected chi connectivity index (χ3v) is 5.45. The highest BCUT2D eigenvalue weighted by Gasteiger charge is 2.46. The molecule has 2 atom stereocenters. The summed E-state index contributed by atoms with van der Waals surface area (Å²) in [6.07, 6.45) is 0. The second-order valence-electron chi connectivity index (χ2n) is 7.28. The van der Waals surface area contributed by atoms with Crippen molar-refractivity contribution in [1.29, 1.82) is 0 Å². The van der Waals surface area contributed by atoms with Gasteiger partial charge in [0.1, 0.15) is 11.5 Å². The maximum atomic E-state index is 13.1. The van der Waals surface area contributed by atoms with Crippen LogP contribution >= 0.6 is 0 Å². The van der Waals surface area contributed by atoms with E-state index in [-0.39, 0.29) is 54.0 Å². The number of benzene rings is 1. The molecule has 2 aliphatic rings. The maximum Gasteiger partial charge on any atom is 0.342 e. The molecular weight excluding hydrogens is 434 g/mol. The third kappa shape index (κ3) is 4.24. The summed E-state index contributed by atoms with van der Waals surface area (Å²) in [5.74, 6) is -3.33. The Labute approximate surface area is 191 Å². The lowest BCUT2D eigenvalue weighted by molar-refractivity contribution is -0.146. The summed E-state index contributed by atoms with van der Waals surface area (Å²) in [5.41, 5.74) is 1.22. The molecule has 0 N–H and O–H groups in total. The summed E-state index contributed by atoms with van der Waals surface area (Å²) < 4.78 is 32.1. The molecule has 0 saturated heterocycles. The minimum Gasteiger partial charge on any atom is -0.493 e. The molecule has 2 heterocycles. The molecule has 0 aromatic heterocycles. The van der Waals surface area contributed by atoms with Crippen LogP contribution in [-0.2, 0) is 23.8 Å². The number of nitrogens with zero attached hydrogens (tertiary/aromatic N) is 1. The predicted octanol–water partition coefficient (Wildman–Crippen LogP) is 2.79. The number of fused-ring (bicyclic) bond motifs is 1. The SMILES string of the molecule is CCOC(=O)C1=C(C)N=C(C)C(C(=O)OCC)C1c1cc(OC)c2c(c1C(=O)OC)OCO2. The fraction of sp³-hybridized carbons (Fsp3) is 0.478. The van der Waals surface area contributed by atoms with Gasteiger partial charge in [-0.2, -0.15) is 0 Å². The van der Waals surface area contributed by atoms with Crippen molar-refractivity contribution in [2.45, 2.75) is 33.6 Å². The molecule has 1 aromatic carbocycles. The number of aliphatic imine (C=N–C) groups is 1. The number of carbonyl (C=O) groups excluding carboxylic acids is 3. The van der Waals surface area contributed by atoms with Gasteiger partial charge in [0.2, 0.25) is 12.5 Å². The van der Waals surface area contributed by atoms with E-state index in [0.717, 1.165) is 0 Å². The van der Waals surface area contributed by atoms with Crippen LogP contribution in [0.3, 0.4) is 0 Å². The molecule has 1 aromatic rings. The number of hydrogen-bond acceptors (Lipinski definition) is 10. The minimum absolute atomic E-state index is 0.0226. The maximum absolute atomic E-state index is 13.1. The van der Waals surface area contributed by atoms with Crippen LogP contribution in [0.15, 0.2) is 22.3 Å². The molecular formula is C23H27NO9. The van der Waals surface area contributed by atoms with Crippen LogP contribution in [0.4, 0.5) is 0 Å². The van der Waals surface area contributed by atoms with Crippen molar-refractivity contribution in [1.82, 2.24) is 0 Å². The summed E-state index contributed by atoms with van der Waals surface area (Å²) in [4.78, 5) is 43.5. The van der Waals surface area contributed by atoms with Gasteiger partial charge in [0.05, 0.1) is 33.0 Å². The fourth-order valence-electron chi connectivity index (χ4n) is 4.15. The van der Waals surface area contributed by atoms with Gasteiger partial charge in [-0.1, -0.05) is 0 Å². The number of allylic oxidation sites excluding steroid dienone is 1. The van der Waals surface area contributed by atoms with Gasteiger partial charge in [-0.15, -0.1) is 0 Å². The second-order valence-corrected chi connectivity index (χ2v) is 7.28. The highest BCUT2D eigenvalue weighted by atomic mass is 16.7. The zero-order valence-corrected chi connectivity index (χ0v) is 19.5. The highest BCUT2D eigenvalue weighted by Crippen LogP contribution is 2.51. The van der Waals surface area contributed by atoms with Crippen LogP contribution in [-0.4, -0.2) is 57.8 Å².